The number of hydrogen-bond donors (Lipinski definition) is 2. The molecule has 1 aliphatic heterocycles. The van der Waals surface area contributed by atoms with Crippen LogP contribution in [-0.4, -0.2) is 39.9 Å². The maximum absolute atomic E-state index is 12.5. The Morgan fingerprint density at radius 2 is 2.13 bits per heavy atom. The number of carbonyl (C=O) groups is 1. The van der Waals surface area contributed by atoms with Crippen LogP contribution in [0.25, 0.3) is 10.6 Å². The Morgan fingerprint density at radius 3 is 2.77 bits per heavy atom. The fraction of sp³-hybridized carbons (Fsp3) is 0.238. The molecule has 0 saturated carbocycles. The molecule has 0 bridgehead atoms. The van der Waals surface area contributed by atoms with Gasteiger partial charge in [-0.05, 0) is 48.9 Å². The van der Waals surface area contributed by atoms with Crippen LogP contribution in [0.1, 0.15) is 17.3 Å². The standard InChI is InChI=1S/C14H15N3O2S2.C7H7ClFN/c1-17-10(9-18)8-12(16-21(17)19)14-6-5-13(20-14)11-4-2-3-7-15-11;1-10-5-2-3-7(9)6(8)4-5/h2-7,9-10,12,16H,8H2,1H3;2-4,10H,1H3. The van der Waals surface area contributed by atoms with Gasteiger partial charge in [-0.2, -0.15) is 0 Å². The lowest BCUT2D eigenvalue weighted by Gasteiger charge is -2.32. The van der Waals surface area contributed by atoms with E-state index in [2.05, 4.69) is 15.0 Å². The zero-order valence-corrected chi connectivity index (χ0v) is 19.3. The molecule has 164 valence electrons. The highest BCUT2D eigenvalue weighted by atomic mass is 35.5. The largest absolute Gasteiger partial charge is 0.388 e. The van der Waals surface area contributed by atoms with Gasteiger partial charge in [-0.1, -0.05) is 17.7 Å². The molecule has 1 saturated heterocycles. The van der Waals surface area contributed by atoms with Crippen molar-refractivity contribution in [3.05, 3.63) is 70.4 Å². The lowest BCUT2D eigenvalue weighted by Crippen LogP contribution is -2.48. The van der Waals surface area contributed by atoms with Gasteiger partial charge in [-0.25, -0.2) is 17.6 Å². The van der Waals surface area contributed by atoms with E-state index in [4.69, 9.17) is 11.6 Å². The van der Waals surface area contributed by atoms with Gasteiger partial charge >= 0.3 is 0 Å². The first-order chi connectivity index (χ1) is 14.9. The molecule has 1 aliphatic rings. The first-order valence-corrected chi connectivity index (χ1v) is 11.7. The van der Waals surface area contributed by atoms with E-state index in [1.807, 2.05) is 30.3 Å². The van der Waals surface area contributed by atoms with Gasteiger partial charge in [0, 0.05) is 30.9 Å². The van der Waals surface area contributed by atoms with Crippen LogP contribution in [0.3, 0.4) is 0 Å². The minimum atomic E-state index is -1.34. The number of benzene rings is 1. The number of thiophene rings is 1. The number of aldehydes is 1. The van der Waals surface area contributed by atoms with Gasteiger partial charge in [-0.3, -0.25) is 4.98 Å². The molecule has 4 rings (SSSR count). The molecule has 2 aromatic heterocycles. The van der Waals surface area contributed by atoms with E-state index in [0.717, 1.165) is 27.4 Å². The molecule has 3 aromatic rings. The minimum Gasteiger partial charge on any atom is -0.388 e. The summed E-state index contributed by atoms with van der Waals surface area (Å²) in [5.41, 5.74) is 1.74. The summed E-state index contributed by atoms with van der Waals surface area (Å²) < 4.78 is 29.1. The van der Waals surface area contributed by atoms with Crippen LogP contribution in [0, 0.1) is 5.82 Å². The van der Waals surface area contributed by atoms with Crippen molar-refractivity contribution in [3.8, 4) is 10.6 Å². The molecule has 1 fully saturated rings. The van der Waals surface area contributed by atoms with Crippen LogP contribution in [0.4, 0.5) is 10.1 Å². The van der Waals surface area contributed by atoms with E-state index in [-0.39, 0.29) is 22.9 Å². The van der Waals surface area contributed by atoms with Crippen molar-refractivity contribution < 1.29 is 13.4 Å². The van der Waals surface area contributed by atoms with E-state index in [0.29, 0.717) is 6.42 Å². The number of aromatic nitrogens is 1. The summed E-state index contributed by atoms with van der Waals surface area (Å²) in [6.07, 6.45) is 3.24. The molecule has 3 heterocycles. The fourth-order valence-corrected chi connectivity index (χ4v) is 5.24. The summed E-state index contributed by atoms with van der Waals surface area (Å²) in [5, 5.41) is 2.99. The second-order valence-electron chi connectivity index (χ2n) is 6.70. The Bertz CT molecular complexity index is 1050. The third-order valence-corrected chi connectivity index (χ3v) is 7.49. The molecule has 0 radical (unpaired) electrons. The summed E-state index contributed by atoms with van der Waals surface area (Å²) in [4.78, 5) is 17.6. The van der Waals surface area contributed by atoms with Gasteiger partial charge in [0.25, 0.3) is 0 Å². The molecule has 10 heteroatoms. The first kappa shape index (κ1) is 23.5. The van der Waals surface area contributed by atoms with Gasteiger partial charge in [0.2, 0.25) is 0 Å². The highest BCUT2D eigenvalue weighted by molar-refractivity contribution is 7.80. The quantitative estimate of drug-likeness (QED) is 0.541. The van der Waals surface area contributed by atoms with Crippen LogP contribution >= 0.6 is 22.9 Å². The van der Waals surface area contributed by atoms with Gasteiger partial charge in [-0.15, -0.1) is 11.3 Å². The highest BCUT2D eigenvalue weighted by Crippen LogP contribution is 2.34. The third kappa shape index (κ3) is 5.96. The summed E-state index contributed by atoms with van der Waals surface area (Å²) >= 11 is 5.75. The molecule has 3 atom stereocenters. The highest BCUT2D eigenvalue weighted by Gasteiger charge is 2.32. The summed E-state index contributed by atoms with van der Waals surface area (Å²) in [5.74, 6) is -0.388. The van der Waals surface area contributed by atoms with Gasteiger partial charge in [0.1, 0.15) is 12.1 Å². The van der Waals surface area contributed by atoms with Gasteiger partial charge in [0.15, 0.2) is 11.2 Å². The Labute approximate surface area is 192 Å². The Kier molecular flexibility index (Phi) is 8.28. The fourth-order valence-electron chi connectivity index (χ4n) is 2.92. The average Bonchev–Trinajstić information content (AvgIpc) is 3.29. The molecule has 6 nitrogen and oxygen atoms in total. The average molecular weight is 481 g/mol. The summed E-state index contributed by atoms with van der Waals surface area (Å²) in [7, 11) is 3.44. The molecule has 0 aliphatic carbocycles. The second-order valence-corrected chi connectivity index (χ2v) is 9.53. The SMILES string of the molecule is CN1C(C=O)CC(c2ccc(-c3ccccn3)s2)NS1=O.CNc1ccc(F)c(Cl)c1. The Hall–Kier alpha value is -2.17. The molecular formula is C21H22ClFN4O2S2. The predicted molar refractivity (Wildman–Crippen MR) is 125 cm³/mol. The van der Waals surface area contributed by atoms with Crippen molar-refractivity contribution in [3.63, 3.8) is 0 Å². The van der Waals surface area contributed by atoms with E-state index >= 15 is 0 Å². The summed E-state index contributed by atoms with van der Waals surface area (Å²) in [6.45, 7) is 0. The maximum Gasteiger partial charge on any atom is 0.170 e. The number of carbonyl (C=O) groups excluding carboxylic acids is 1. The van der Waals surface area contributed by atoms with Crippen molar-refractivity contribution in [2.24, 2.45) is 0 Å². The van der Waals surface area contributed by atoms with E-state index in [1.165, 1.54) is 12.1 Å². The summed E-state index contributed by atoms with van der Waals surface area (Å²) in [6, 6.07) is 13.9. The number of rotatable bonds is 4. The number of halogens is 2. The molecule has 0 amide bonds. The van der Waals surface area contributed by atoms with Crippen LogP contribution in [0.15, 0.2) is 54.7 Å². The van der Waals surface area contributed by atoms with Gasteiger partial charge < -0.3 is 10.1 Å². The normalized spacial score (nSPS) is 21.1. The number of likely N-dealkylation sites (N-methyl/N-ethyl adjacent to an activating group) is 1. The molecule has 3 unspecified atom stereocenters. The third-order valence-electron chi connectivity index (χ3n) is 4.70. The number of anilines is 1. The zero-order valence-electron chi connectivity index (χ0n) is 16.9. The van der Waals surface area contributed by atoms with Crippen LogP contribution in [0.2, 0.25) is 5.02 Å². The minimum absolute atomic E-state index is 0.0697. The molecule has 2 N–H and O–H groups in total. The number of nitrogens with zero attached hydrogens (tertiary/aromatic N) is 2. The molecule has 31 heavy (non-hydrogen) atoms. The number of hydrogen-bond acceptors (Lipinski definition) is 5. The second kappa shape index (κ2) is 10.9. The molecular weight excluding hydrogens is 459 g/mol. The van der Waals surface area contributed by atoms with Crippen molar-refractivity contribution >= 4 is 46.1 Å². The Balaban J connectivity index is 0.000000229. The maximum atomic E-state index is 12.5. The van der Waals surface area contributed by atoms with Crippen LogP contribution in [-0.2, 0) is 16.0 Å². The zero-order chi connectivity index (χ0) is 22.4. The number of nitrogens with one attached hydrogen (secondary N) is 2. The van der Waals surface area contributed by atoms with Crippen molar-refractivity contribution in [2.45, 2.75) is 18.5 Å². The van der Waals surface area contributed by atoms with Crippen LogP contribution < -0.4 is 10.0 Å². The first-order valence-electron chi connectivity index (χ1n) is 9.43. The lowest BCUT2D eigenvalue weighted by molar-refractivity contribution is -0.111. The Morgan fingerprint density at radius 1 is 1.32 bits per heavy atom. The smallest absolute Gasteiger partial charge is 0.170 e. The van der Waals surface area contributed by atoms with Gasteiger partial charge in [0.05, 0.1) is 27.7 Å². The van der Waals surface area contributed by atoms with Crippen LogP contribution in [0.5, 0.6) is 0 Å². The number of pyridine rings is 1. The van der Waals surface area contributed by atoms with Crippen molar-refractivity contribution in [1.82, 2.24) is 14.0 Å². The predicted octanol–water partition coefficient (Wildman–Crippen LogP) is 4.44. The molecule has 0 spiro atoms. The van der Waals surface area contributed by atoms with E-state index in [1.54, 1.807) is 42.0 Å². The van der Waals surface area contributed by atoms with E-state index in [9.17, 15) is 13.4 Å². The monoisotopic (exact) mass is 480 g/mol. The van der Waals surface area contributed by atoms with Crippen molar-refractivity contribution in [2.75, 3.05) is 19.4 Å². The lowest BCUT2D eigenvalue weighted by atomic mass is 10.1. The topological polar surface area (TPSA) is 74.3 Å². The van der Waals surface area contributed by atoms with Crippen molar-refractivity contribution in [1.29, 1.82) is 0 Å². The molecule has 1 aromatic carbocycles. The van der Waals surface area contributed by atoms with E-state index < -0.39 is 11.2 Å².